The summed E-state index contributed by atoms with van der Waals surface area (Å²) in [4.78, 5) is 27.2. The molecule has 1 rings (SSSR count). The molecule has 6 heteroatoms. The van der Waals surface area contributed by atoms with Crippen LogP contribution in [0.25, 0.3) is 0 Å². The summed E-state index contributed by atoms with van der Waals surface area (Å²) < 4.78 is 5.35. The van der Waals surface area contributed by atoms with Gasteiger partial charge in [0.2, 0.25) is 5.91 Å². The van der Waals surface area contributed by atoms with Gasteiger partial charge in [0, 0.05) is 25.7 Å². The van der Waals surface area contributed by atoms with Crippen molar-refractivity contribution < 1.29 is 14.3 Å². The van der Waals surface area contributed by atoms with E-state index in [1.165, 1.54) is 0 Å². The third kappa shape index (κ3) is 4.67. The fraction of sp³-hybridized carbons (Fsp3) is 0.857. The number of likely N-dealkylation sites (N-methyl/N-ethyl adjacent to an activating group) is 1. The van der Waals surface area contributed by atoms with E-state index in [1.807, 2.05) is 32.6 Å². The van der Waals surface area contributed by atoms with Crippen LogP contribution in [0.1, 0.15) is 40.5 Å². The average molecular weight is 285 g/mol. The van der Waals surface area contributed by atoms with Gasteiger partial charge in [-0.3, -0.25) is 4.79 Å². The number of rotatable bonds is 3. The minimum atomic E-state index is -0.473. The van der Waals surface area contributed by atoms with Gasteiger partial charge >= 0.3 is 6.09 Å². The lowest BCUT2D eigenvalue weighted by molar-refractivity contribution is -0.132. The second kappa shape index (κ2) is 6.92. The van der Waals surface area contributed by atoms with Crippen molar-refractivity contribution in [2.75, 3.05) is 26.2 Å². The van der Waals surface area contributed by atoms with E-state index in [1.54, 1.807) is 4.90 Å². The lowest BCUT2D eigenvalue weighted by atomic mass is 10.0. The molecule has 116 valence electrons. The zero-order chi connectivity index (χ0) is 15.3. The molecule has 0 aliphatic carbocycles. The highest BCUT2D eigenvalue weighted by molar-refractivity contribution is 5.78. The van der Waals surface area contributed by atoms with E-state index < -0.39 is 5.60 Å². The van der Waals surface area contributed by atoms with Crippen molar-refractivity contribution in [3.05, 3.63) is 0 Å². The number of carbonyl (C=O) groups excluding carboxylic acids is 2. The van der Waals surface area contributed by atoms with E-state index in [4.69, 9.17) is 10.5 Å². The number of nitrogens with zero attached hydrogens (tertiary/aromatic N) is 2. The number of piperidine rings is 1. The smallest absolute Gasteiger partial charge is 0.410 e. The SMILES string of the molecule is CCN(C(=O)CN)C1CCN(C(=O)OC(C)(C)C)CC1. The Morgan fingerprint density at radius 2 is 1.85 bits per heavy atom. The Labute approximate surface area is 121 Å². The van der Waals surface area contributed by atoms with Crippen molar-refractivity contribution in [2.45, 2.75) is 52.2 Å². The molecule has 2 N–H and O–H groups in total. The Hall–Kier alpha value is -1.30. The quantitative estimate of drug-likeness (QED) is 0.845. The maximum atomic E-state index is 12.0. The van der Waals surface area contributed by atoms with Crippen LogP contribution in [0.5, 0.6) is 0 Å². The van der Waals surface area contributed by atoms with Crippen LogP contribution in [-0.2, 0) is 9.53 Å². The summed E-state index contributed by atoms with van der Waals surface area (Å²) in [6.07, 6.45) is 1.28. The van der Waals surface area contributed by atoms with Crippen molar-refractivity contribution in [3.63, 3.8) is 0 Å². The molecule has 0 aromatic heterocycles. The largest absolute Gasteiger partial charge is 0.444 e. The van der Waals surface area contributed by atoms with Crippen molar-refractivity contribution in [2.24, 2.45) is 5.73 Å². The van der Waals surface area contributed by atoms with Gasteiger partial charge in [-0.2, -0.15) is 0 Å². The van der Waals surface area contributed by atoms with Gasteiger partial charge in [0.25, 0.3) is 0 Å². The minimum absolute atomic E-state index is 0.0248. The summed E-state index contributed by atoms with van der Waals surface area (Å²) >= 11 is 0. The predicted molar refractivity (Wildman–Crippen MR) is 77.3 cm³/mol. The molecule has 0 atom stereocenters. The first-order valence-corrected chi connectivity index (χ1v) is 7.26. The van der Waals surface area contributed by atoms with E-state index in [2.05, 4.69) is 0 Å². The molecule has 0 bridgehead atoms. The molecule has 1 aliphatic rings. The molecule has 1 heterocycles. The number of likely N-dealkylation sites (tertiary alicyclic amines) is 1. The first-order valence-electron chi connectivity index (χ1n) is 7.26. The van der Waals surface area contributed by atoms with Crippen LogP contribution in [0.15, 0.2) is 0 Å². The van der Waals surface area contributed by atoms with E-state index in [0.717, 1.165) is 12.8 Å². The minimum Gasteiger partial charge on any atom is -0.444 e. The van der Waals surface area contributed by atoms with E-state index in [0.29, 0.717) is 19.6 Å². The highest BCUT2D eigenvalue weighted by atomic mass is 16.6. The molecule has 0 saturated carbocycles. The van der Waals surface area contributed by atoms with Crippen LogP contribution < -0.4 is 5.73 Å². The summed E-state index contributed by atoms with van der Waals surface area (Å²) in [5.74, 6) is -0.0248. The molecule has 2 amide bonds. The Morgan fingerprint density at radius 3 is 2.25 bits per heavy atom. The Morgan fingerprint density at radius 1 is 1.30 bits per heavy atom. The molecular formula is C14H27N3O3. The van der Waals surface area contributed by atoms with Crippen LogP contribution in [0.4, 0.5) is 4.79 Å². The van der Waals surface area contributed by atoms with Crippen molar-refractivity contribution in [3.8, 4) is 0 Å². The summed E-state index contributed by atoms with van der Waals surface area (Å²) in [6.45, 7) is 9.46. The molecule has 0 unspecified atom stereocenters. The maximum Gasteiger partial charge on any atom is 0.410 e. The monoisotopic (exact) mass is 285 g/mol. The van der Waals surface area contributed by atoms with Crippen LogP contribution >= 0.6 is 0 Å². The summed E-state index contributed by atoms with van der Waals surface area (Å²) in [5, 5.41) is 0. The van der Waals surface area contributed by atoms with Gasteiger partial charge in [-0.1, -0.05) is 0 Å². The number of ether oxygens (including phenoxy) is 1. The molecule has 6 nitrogen and oxygen atoms in total. The zero-order valence-electron chi connectivity index (χ0n) is 13.0. The first kappa shape index (κ1) is 16.8. The van der Waals surface area contributed by atoms with E-state index in [9.17, 15) is 9.59 Å². The van der Waals surface area contributed by atoms with Crippen LogP contribution in [-0.4, -0.2) is 59.6 Å². The Bertz CT molecular complexity index is 344. The highest BCUT2D eigenvalue weighted by Gasteiger charge is 2.30. The van der Waals surface area contributed by atoms with Gasteiger partial charge in [-0.25, -0.2) is 4.79 Å². The molecule has 0 spiro atoms. The topological polar surface area (TPSA) is 75.9 Å². The lowest BCUT2D eigenvalue weighted by Crippen LogP contribution is -2.50. The summed E-state index contributed by atoms with van der Waals surface area (Å²) in [5.41, 5.74) is 4.95. The van der Waals surface area contributed by atoms with Crippen LogP contribution in [0, 0.1) is 0 Å². The third-order valence-electron chi connectivity index (χ3n) is 3.39. The third-order valence-corrected chi connectivity index (χ3v) is 3.39. The number of hydrogen-bond donors (Lipinski definition) is 1. The molecule has 1 fully saturated rings. The Kier molecular flexibility index (Phi) is 5.80. The van der Waals surface area contributed by atoms with Gasteiger partial charge in [0.15, 0.2) is 0 Å². The van der Waals surface area contributed by atoms with Crippen molar-refractivity contribution in [1.82, 2.24) is 9.80 Å². The van der Waals surface area contributed by atoms with E-state index in [-0.39, 0.29) is 24.6 Å². The second-order valence-corrected chi connectivity index (χ2v) is 6.08. The number of amides is 2. The number of nitrogens with two attached hydrogens (primary N) is 1. The standard InChI is InChI=1S/C14H27N3O3/c1-5-17(12(18)10-15)11-6-8-16(9-7-11)13(19)20-14(2,3)4/h11H,5-10,15H2,1-4H3. The zero-order valence-corrected chi connectivity index (χ0v) is 13.0. The fourth-order valence-corrected chi connectivity index (χ4v) is 2.44. The van der Waals surface area contributed by atoms with Crippen LogP contribution in [0.3, 0.4) is 0 Å². The lowest BCUT2D eigenvalue weighted by Gasteiger charge is -2.38. The number of carbonyl (C=O) groups is 2. The molecular weight excluding hydrogens is 258 g/mol. The Balaban J connectivity index is 2.51. The average Bonchev–Trinajstić information content (AvgIpc) is 2.38. The molecule has 0 aromatic carbocycles. The fourth-order valence-electron chi connectivity index (χ4n) is 2.44. The van der Waals surface area contributed by atoms with Gasteiger partial charge < -0.3 is 20.3 Å². The first-order chi connectivity index (χ1) is 9.28. The van der Waals surface area contributed by atoms with Crippen LogP contribution in [0.2, 0.25) is 0 Å². The summed E-state index contributed by atoms with van der Waals surface area (Å²) in [6, 6.07) is 0.176. The number of hydrogen-bond acceptors (Lipinski definition) is 4. The van der Waals surface area contributed by atoms with Gasteiger partial charge in [0.05, 0.1) is 6.54 Å². The molecule has 0 radical (unpaired) electrons. The van der Waals surface area contributed by atoms with E-state index >= 15 is 0 Å². The van der Waals surface area contributed by atoms with Crippen molar-refractivity contribution >= 4 is 12.0 Å². The molecule has 0 aromatic rings. The second-order valence-electron chi connectivity index (χ2n) is 6.08. The van der Waals surface area contributed by atoms with Crippen molar-refractivity contribution in [1.29, 1.82) is 0 Å². The highest BCUT2D eigenvalue weighted by Crippen LogP contribution is 2.19. The maximum absolute atomic E-state index is 12.0. The molecule has 20 heavy (non-hydrogen) atoms. The van der Waals surface area contributed by atoms with Gasteiger partial charge in [0.1, 0.15) is 5.60 Å². The van der Waals surface area contributed by atoms with Gasteiger partial charge in [-0.15, -0.1) is 0 Å². The molecule has 1 saturated heterocycles. The predicted octanol–water partition coefficient (Wildman–Crippen LogP) is 1.19. The molecule has 1 aliphatic heterocycles. The normalized spacial score (nSPS) is 16.9. The summed E-state index contributed by atoms with van der Waals surface area (Å²) in [7, 11) is 0. The van der Waals surface area contributed by atoms with Gasteiger partial charge in [-0.05, 0) is 40.5 Å².